The Morgan fingerprint density at radius 1 is 1.00 bits per heavy atom. The molecule has 30 heavy (non-hydrogen) atoms. The van der Waals surface area contributed by atoms with Crippen molar-refractivity contribution < 1.29 is 9.30 Å². The van der Waals surface area contributed by atoms with Gasteiger partial charge in [-0.3, -0.25) is 4.90 Å². The first-order valence-electron chi connectivity index (χ1n) is 11.2. The molecular formula is C26H34NO2P. The second-order valence-electron chi connectivity index (χ2n) is 9.06. The van der Waals surface area contributed by atoms with Crippen molar-refractivity contribution in [3.63, 3.8) is 0 Å². The first-order chi connectivity index (χ1) is 14.5. The fourth-order valence-corrected chi connectivity index (χ4v) is 8.12. The van der Waals surface area contributed by atoms with Gasteiger partial charge in [0, 0.05) is 35.8 Å². The number of benzene rings is 2. The van der Waals surface area contributed by atoms with E-state index >= 15 is 0 Å². The van der Waals surface area contributed by atoms with Crippen LogP contribution in [0.4, 0.5) is 0 Å². The van der Waals surface area contributed by atoms with Crippen molar-refractivity contribution in [3.8, 4) is 0 Å². The summed E-state index contributed by atoms with van der Waals surface area (Å²) < 4.78 is 20.6. The third-order valence-corrected chi connectivity index (χ3v) is 9.95. The second-order valence-corrected chi connectivity index (χ2v) is 12.0. The maximum atomic E-state index is 14.4. The molecule has 0 radical (unpaired) electrons. The standard InChI is InChI=1S/C26H34NO2P/c1-20-18-21(2)25(22(3)19-20)26-27(14-16-29-26)15-17-30(28,23-10-6-4-7-11-23)24-12-8-5-9-13-24/h4-13,18,21-22,25-26H,14-17,19H2,1-3H3/t21-,22-,25+,26+/m1/s1. The van der Waals surface area contributed by atoms with E-state index in [1.807, 2.05) is 60.7 Å². The molecular weight excluding hydrogens is 389 g/mol. The molecule has 0 spiro atoms. The van der Waals surface area contributed by atoms with Crippen LogP contribution in [0.2, 0.25) is 0 Å². The molecule has 2 aromatic rings. The van der Waals surface area contributed by atoms with E-state index in [4.69, 9.17) is 4.74 Å². The molecule has 0 N–H and O–H groups in total. The largest absolute Gasteiger partial charge is 0.361 e. The smallest absolute Gasteiger partial charge is 0.144 e. The molecule has 160 valence electrons. The number of hydrogen-bond donors (Lipinski definition) is 0. The summed E-state index contributed by atoms with van der Waals surface area (Å²) in [5, 5.41) is 1.90. The topological polar surface area (TPSA) is 29.5 Å². The van der Waals surface area contributed by atoms with Crippen molar-refractivity contribution in [1.82, 2.24) is 4.90 Å². The summed E-state index contributed by atoms with van der Waals surface area (Å²) in [4.78, 5) is 2.45. The molecule has 2 aromatic carbocycles. The maximum Gasteiger partial charge on any atom is 0.144 e. The molecule has 1 saturated heterocycles. The van der Waals surface area contributed by atoms with E-state index in [9.17, 15) is 4.57 Å². The third kappa shape index (κ3) is 4.35. The van der Waals surface area contributed by atoms with Crippen molar-refractivity contribution in [3.05, 3.63) is 72.3 Å². The van der Waals surface area contributed by atoms with Gasteiger partial charge in [-0.2, -0.15) is 0 Å². The highest BCUT2D eigenvalue weighted by atomic mass is 31.2. The first-order valence-corrected chi connectivity index (χ1v) is 13.1. The molecule has 0 aromatic heterocycles. The predicted octanol–water partition coefficient (Wildman–Crippen LogP) is 4.90. The van der Waals surface area contributed by atoms with Crippen molar-refractivity contribution >= 4 is 17.8 Å². The lowest BCUT2D eigenvalue weighted by molar-refractivity contribution is -0.0450. The number of allylic oxidation sites excluding steroid dienone is 2. The minimum atomic E-state index is -2.69. The van der Waals surface area contributed by atoms with Crippen LogP contribution in [0, 0.1) is 17.8 Å². The van der Waals surface area contributed by atoms with Gasteiger partial charge in [-0.1, -0.05) is 86.2 Å². The Balaban J connectivity index is 1.56. The Hall–Kier alpha value is -1.67. The summed E-state index contributed by atoms with van der Waals surface area (Å²) in [5.74, 6) is 1.60. The zero-order valence-electron chi connectivity index (χ0n) is 18.4. The lowest BCUT2D eigenvalue weighted by Gasteiger charge is -2.40. The fourth-order valence-electron chi connectivity index (χ4n) is 5.46. The summed E-state index contributed by atoms with van der Waals surface area (Å²) >= 11 is 0. The van der Waals surface area contributed by atoms with Gasteiger partial charge in [0.15, 0.2) is 0 Å². The van der Waals surface area contributed by atoms with Crippen LogP contribution in [0.1, 0.15) is 27.2 Å². The highest BCUT2D eigenvalue weighted by Crippen LogP contribution is 2.44. The summed E-state index contributed by atoms with van der Waals surface area (Å²) in [6.07, 6.45) is 4.34. The van der Waals surface area contributed by atoms with Gasteiger partial charge in [-0.25, -0.2) is 0 Å². The first kappa shape index (κ1) is 21.6. The van der Waals surface area contributed by atoms with Gasteiger partial charge in [0.25, 0.3) is 0 Å². The highest BCUT2D eigenvalue weighted by molar-refractivity contribution is 7.78. The second kappa shape index (κ2) is 9.22. The van der Waals surface area contributed by atoms with Gasteiger partial charge in [0.1, 0.15) is 13.4 Å². The van der Waals surface area contributed by atoms with Crippen LogP contribution in [0.15, 0.2) is 72.3 Å². The number of nitrogens with zero attached hydrogens (tertiary/aromatic N) is 1. The summed E-state index contributed by atoms with van der Waals surface area (Å²) in [7, 11) is -2.69. The summed E-state index contributed by atoms with van der Waals surface area (Å²) in [6.45, 7) is 9.41. The molecule has 1 fully saturated rings. The number of rotatable bonds is 6. The van der Waals surface area contributed by atoms with Crippen LogP contribution in [0.5, 0.6) is 0 Å². The van der Waals surface area contributed by atoms with Gasteiger partial charge in [-0.05, 0) is 25.2 Å². The van der Waals surface area contributed by atoms with Crippen molar-refractivity contribution in [1.29, 1.82) is 0 Å². The SMILES string of the molecule is CC1=C[C@@H](C)[C@H]([C@@H]2OCCN2CCP(=O)(c2ccccc2)c2ccccc2)[C@H](C)C1. The molecule has 4 rings (SSSR count). The van der Waals surface area contributed by atoms with E-state index in [1.165, 1.54) is 5.57 Å². The molecule has 0 amide bonds. The quantitative estimate of drug-likeness (QED) is 0.489. The Morgan fingerprint density at radius 3 is 2.17 bits per heavy atom. The van der Waals surface area contributed by atoms with Crippen molar-refractivity contribution in [2.24, 2.45) is 17.8 Å². The number of ether oxygens (including phenoxy) is 1. The highest BCUT2D eigenvalue weighted by Gasteiger charge is 2.40. The molecule has 3 nitrogen and oxygen atoms in total. The van der Waals surface area contributed by atoms with Crippen LogP contribution < -0.4 is 10.6 Å². The molecule has 0 bridgehead atoms. The van der Waals surface area contributed by atoms with Crippen molar-refractivity contribution in [2.45, 2.75) is 33.4 Å². The van der Waals surface area contributed by atoms with Crippen LogP contribution in [-0.4, -0.2) is 37.0 Å². The lowest BCUT2D eigenvalue weighted by Crippen LogP contribution is -2.44. The summed E-state index contributed by atoms with van der Waals surface area (Å²) in [5.41, 5.74) is 1.49. The molecule has 2 aliphatic rings. The predicted molar refractivity (Wildman–Crippen MR) is 126 cm³/mol. The van der Waals surface area contributed by atoms with Gasteiger partial charge >= 0.3 is 0 Å². The molecule has 1 heterocycles. The number of hydrogen-bond acceptors (Lipinski definition) is 3. The molecule has 1 aliphatic carbocycles. The minimum Gasteiger partial charge on any atom is -0.361 e. The van der Waals surface area contributed by atoms with Gasteiger partial charge in [-0.15, -0.1) is 0 Å². The zero-order valence-corrected chi connectivity index (χ0v) is 19.3. The van der Waals surface area contributed by atoms with E-state index in [1.54, 1.807) is 0 Å². The van der Waals surface area contributed by atoms with E-state index in [-0.39, 0.29) is 6.23 Å². The average molecular weight is 424 g/mol. The monoisotopic (exact) mass is 423 g/mol. The molecule has 0 saturated carbocycles. The van der Waals surface area contributed by atoms with Gasteiger partial charge in [0.05, 0.1) is 6.61 Å². The minimum absolute atomic E-state index is 0.124. The molecule has 1 aliphatic heterocycles. The Labute approximate surface area is 181 Å². The molecule has 4 atom stereocenters. The van der Waals surface area contributed by atoms with E-state index < -0.39 is 7.14 Å². The van der Waals surface area contributed by atoms with E-state index in [0.717, 1.165) is 36.7 Å². The Morgan fingerprint density at radius 2 is 1.60 bits per heavy atom. The van der Waals surface area contributed by atoms with Crippen LogP contribution in [0.25, 0.3) is 0 Å². The van der Waals surface area contributed by atoms with Gasteiger partial charge < -0.3 is 9.30 Å². The Kier molecular flexibility index (Phi) is 6.63. The van der Waals surface area contributed by atoms with Gasteiger partial charge in [0.2, 0.25) is 0 Å². The lowest BCUT2D eigenvalue weighted by atomic mass is 9.74. The van der Waals surface area contributed by atoms with Crippen LogP contribution in [-0.2, 0) is 9.30 Å². The molecule has 4 heteroatoms. The Bertz CT molecular complexity index is 868. The normalized spacial score (nSPS) is 27.8. The van der Waals surface area contributed by atoms with Crippen LogP contribution >= 0.6 is 7.14 Å². The fraction of sp³-hybridized carbons (Fsp3) is 0.462. The van der Waals surface area contributed by atoms with Crippen molar-refractivity contribution in [2.75, 3.05) is 25.9 Å². The maximum absolute atomic E-state index is 14.4. The van der Waals surface area contributed by atoms with Crippen LogP contribution in [0.3, 0.4) is 0 Å². The average Bonchev–Trinajstić information content (AvgIpc) is 3.21. The summed E-state index contributed by atoms with van der Waals surface area (Å²) in [6, 6.07) is 20.0. The zero-order chi connectivity index (χ0) is 21.1. The third-order valence-electron chi connectivity index (χ3n) is 6.86. The molecule has 0 unspecified atom stereocenters. The van der Waals surface area contributed by atoms with E-state index in [0.29, 0.717) is 23.9 Å². The van der Waals surface area contributed by atoms with E-state index in [2.05, 4.69) is 31.7 Å².